The fraction of sp³-hybridized carbons (Fsp3) is 0.120. The van der Waals surface area contributed by atoms with Crippen LogP contribution in [-0.2, 0) is 11.4 Å². The van der Waals surface area contributed by atoms with E-state index in [1.165, 1.54) is 40.4 Å². The summed E-state index contributed by atoms with van der Waals surface area (Å²) in [6.07, 6.45) is 1.75. The molecule has 0 unspecified atom stereocenters. The van der Waals surface area contributed by atoms with Crippen molar-refractivity contribution < 1.29 is 18.7 Å². The summed E-state index contributed by atoms with van der Waals surface area (Å²) >= 11 is 14.6. The van der Waals surface area contributed by atoms with Gasteiger partial charge in [0.1, 0.15) is 12.4 Å². The Labute approximate surface area is 225 Å². The van der Waals surface area contributed by atoms with Gasteiger partial charge in [-0.25, -0.2) is 4.39 Å². The summed E-state index contributed by atoms with van der Waals surface area (Å²) in [5.74, 6) is 0.337. The summed E-state index contributed by atoms with van der Waals surface area (Å²) in [5, 5.41) is -0.0731. The molecule has 0 N–H and O–H groups in total. The fourth-order valence-electron chi connectivity index (χ4n) is 3.27. The fourth-order valence-corrected chi connectivity index (χ4v) is 5.52. The highest BCUT2D eigenvalue weighted by molar-refractivity contribution is 14.1. The van der Waals surface area contributed by atoms with Crippen LogP contribution in [-0.4, -0.2) is 17.3 Å². The highest BCUT2D eigenvalue weighted by atomic mass is 127. The lowest BCUT2D eigenvalue weighted by atomic mass is 10.1. The molecule has 9 heteroatoms. The van der Waals surface area contributed by atoms with Gasteiger partial charge in [0.25, 0.3) is 5.91 Å². The number of methoxy groups -OCH3 is 1. The highest BCUT2D eigenvalue weighted by Gasteiger charge is 2.33. The molecule has 0 atom stereocenters. The number of carbonyl (C=O) groups excluding carboxylic acids is 1. The van der Waals surface area contributed by atoms with Crippen LogP contribution in [0.5, 0.6) is 11.5 Å². The molecule has 0 radical (unpaired) electrons. The molecule has 1 saturated heterocycles. The Kier molecular flexibility index (Phi) is 7.81. The molecule has 174 valence electrons. The lowest BCUT2D eigenvalue weighted by Gasteiger charge is -2.15. The van der Waals surface area contributed by atoms with Crippen LogP contribution in [0.1, 0.15) is 16.7 Å². The summed E-state index contributed by atoms with van der Waals surface area (Å²) in [7, 11) is 1.58. The van der Waals surface area contributed by atoms with E-state index in [0.717, 1.165) is 14.7 Å². The second-order valence-corrected chi connectivity index (χ2v) is 10.7. The van der Waals surface area contributed by atoms with Crippen molar-refractivity contribution in [3.63, 3.8) is 0 Å². The minimum absolute atomic E-state index is 0.0731. The number of rotatable bonds is 6. The minimum Gasteiger partial charge on any atom is -0.493 e. The summed E-state index contributed by atoms with van der Waals surface area (Å²) in [5.41, 5.74) is 3.43. The van der Waals surface area contributed by atoms with E-state index < -0.39 is 5.82 Å². The first-order chi connectivity index (χ1) is 16.3. The van der Waals surface area contributed by atoms with E-state index >= 15 is 0 Å². The Morgan fingerprint density at radius 2 is 1.91 bits per heavy atom. The molecule has 1 fully saturated rings. The Morgan fingerprint density at radius 3 is 2.59 bits per heavy atom. The quantitative estimate of drug-likeness (QED) is 0.162. The molecule has 1 aliphatic rings. The third kappa shape index (κ3) is 5.40. The van der Waals surface area contributed by atoms with Crippen molar-refractivity contribution >= 4 is 80.2 Å². The van der Waals surface area contributed by atoms with Crippen LogP contribution in [0.25, 0.3) is 6.08 Å². The van der Waals surface area contributed by atoms with Gasteiger partial charge in [0.15, 0.2) is 15.8 Å². The molecule has 1 amide bonds. The van der Waals surface area contributed by atoms with Crippen molar-refractivity contribution in [3.8, 4) is 11.5 Å². The number of thiocarbonyl (C=S) groups is 1. The minimum atomic E-state index is -0.558. The van der Waals surface area contributed by atoms with Crippen molar-refractivity contribution in [2.45, 2.75) is 13.5 Å². The first-order valence-electron chi connectivity index (χ1n) is 10.1. The van der Waals surface area contributed by atoms with Crippen LogP contribution in [0.4, 0.5) is 10.1 Å². The molecule has 4 rings (SSSR count). The van der Waals surface area contributed by atoms with Crippen molar-refractivity contribution in [1.82, 2.24) is 0 Å². The van der Waals surface area contributed by atoms with Crippen LogP contribution in [0.2, 0.25) is 5.02 Å². The molecular weight excluding hydrogens is 608 g/mol. The van der Waals surface area contributed by atoms with Gasteiger partial charge in [0, 0.05) is 0 Å². The van der Waals surface area contributed by atoms with Gasteiger partial charge in [-0.1, -0.05) is 65.4 Å². The number of hydrogen-bond acceptors (Lipinski definition) is 5. The average Bonchev–Trinajstić information content (AvgIpc) is 3.08. The molecule has 1 heterocycles. The largest absolute Gasteiger partial charge is 0.493 e. The van der Waals surface area contributed by atoms with E-state index in [4.69, 9.17) is 33.3 Å². The molecule has 0 aliphatic carbocycles. The molecule has 3 aromatic carbocycles. The van der Waals surface area contributed by atoms with Gasteiger partial charge in [-0.05, 0) is 77.0 Å². The van der Waals surface area contributed by atoms with E-state index in [-0.39, 0.29) is 10.9 Å². The zero-order valence-electron chi connectivity index (χ0n) is 18.1. The maximum Gasteiger partial charge on any atom is 0.270 e. The van der Waals surface area contributed by atoms with Crippen molar-refractivity contribution in [2.75, 3.05) is 12.0 Å². The third-order valence-corrected chi connectivity index (χ3v) is 7.40. The first kappa shape index (κ1) is 25.0. The van der Waals surface area contributed by atoms with E-state index in [2.05, 4.69) is 22.6 Å². The van der Waals surface area contributed by atoms with E-state index in [9.17, 15) is 9.18 Å². The number of hydrogen-bond donors (Lipinski definition) is 0. The van der Waals surface area contributed by atoms with Crippen LogP contribution in [0, 0.1) is 16.3 Å². The summed E-state index contributed by atoms with van der Waals surface area (Å²) < 4.78 is 26.3. The van der Waals surface area contributed by atoms with Crippen LogP contribution >= 0.6 is 58.2 Å². The molecule has 0 spiro atoms. The molecule has 0 aromatic heterocycles. The zero-order valence-corrected chi connectivity index (χ0v) is 22.6. The zero-order chi connectivity index (χ0) is 24.4. The van der Waals surface area contributed by atoms with Crippen molar-refractivity contribution in [1.29, 1.82) is 0 Å². The van der Waals surface area contributed by atoms with Gasteiger partial charge in [0.2, 0.25) is 0 Å². The maximum absolute atomic E-state index is 13.5. The summed E-state index contributed by atoms with van der Waals surface area (Å²) in [6, 6.07) is 15.9. The van der Waals surface area contributed by atoms with E-state index in [1.807, 2.05) is 43.3 Å². The molecule has 0 saturated carbocycles. The number of ether oxygens (including phenoxy) is 2. The lowest BCUT2D eigenvalue weighted by molar-refractivity contribution is -0.113. The molecule has 34 heavy (non-hydrogen) atoms. The predicted molar refractivity (Wildman–Crippen MR) is 148 cm³/mol. The second kappa shape index (κ2) is 10.6. The Balaban J connectivity index is 1.58. The number of benzene rings is 3. The SMILES string of the molecule is COc1cc(/C=C2\SC(=S)N(c3ccc(F)c(Cl)c3)C2=O)cc(I)c1OCc1ccc(C)cc1. The van der Waals surface area contributed by atoms with Gasteiger partial charge in [0.05, 0.1) is 26.3 Å². The van der Waals surface area contributed by atoms with Gasteiger partial charge < -0.3 is 9.47 Å². The maximum atomic E-state index is 13.5. The Morgan fingerprint density at radius 1 is 1.18 bits per heavy atom. The number of nitrogens with zero attached hydrogens (tertiary/aromatic N) is 1. The number of aryl methyl sites for hydroxylation is 1. The standard InChI is InChI=1S/C25H18ClFINO3S2/c1-14-3-5-15(6-4-14)13-32-23-20(28)9-16(10-21(23)31-2)11-22-24(30)29(25(33)34-22)17-7-8-19(27)18(26)12-17/h3-12H,13H2,1-2H3/b22-11-. The monoisotopic (exact) mass is 625 g/mol. The van der Waals surface area contributed by atoms with Gasteiger partial charge >= 0.3 is 0 Å². The van der Waals surface area contributed by atoms with E-state index in [1.54, 1.807) is 13.2 Å². The smallest absolute Gasteiger partial charge is 0.270 e. The third-order valence-electron chi connectivity index (χ3n) is 5.01. The Hall–Kier alpha value is -2.14. The number of thioether (sulfide) groups is 1. The summed E-state index contributed by atoms with van der Waals surface area (Å²) in [6.45, 7) is 2.45. The molecule has 0 bridgehead atoms. The van der Waals surface area contributed by atoms with Gasteiger partial charge in [-0.2, -0.15) is 0 Å². The lowest BCUT2D eigenvalue weighted by Crippen LogP contribution is -2.27. The molecular formula is C25H18ClFINO3S2. The second-order valence-electron chi connectivity index (χ2n) is 7.42. The number of halogens is 3. The van der Waals surface area contributed by atoms with Crippen molar-refractivity contribution in [2.24, 2.45) is 0 Å². The van der Waals surface area contributed by atoms with Gasteiger partial charge in [-0.3, -0.25) is 9.69 Å². The van der Waals surface area contributed by atoms with Crippen LogP contribution in [0.15, 0.2) is 59.5 Å². The van der Waals surface area contributed by atoms with Crippen LogP contribution in [0.3, 0.4) is 0 Å². The summed E-state index contributed by atoms with van der Waals surface area (Å²) in [4.78, 5) is 14.8. The Bertz CT molecular complexity index is 1310. The average molecular weight is 626 g/mol. The van der Waals surface area contributed by atoms with E-state index in [0.29, 0.717) is 33.0 Å². The molecule has 3 aromatic rings. The normalized spacial score (nSPS) is 14.7. The predicted octanol–water partition coefficient (Wildman–Crippen LogP) is 7.39. The number of anilines is 1. The molecule has 1 aliphatic heterocycles. The first-order valence-corrected chi connectivity index (χ1v) is 12.7. The van der Waals surface area contributed by atoms with Gasteiger partial charge in [-0.15, -0.1) is 0 Å². The number of carbonyl (C=O) groups is 1. The van der Waals surface area contributed by atoms with Crippen LogP contribution < -0.4 is 14.4 Å². The van der Waals surface area contributed by atoms with Crippen molar-refractivity contribution in [3.05, 3.63) is 90.6 Å². The topological polar surface area (TPSA) is 38.8 Å². The molecule has 4 nitrogen and oxygen atoms in total. The number of amides is 1. The highest BCUT2D eigenvalue weighted by Crippen LogP contribution is 2.39.